The quantitative estimate of drug-likeness (QED) is 0.694. The first-order valence-corrected chi connectivity index (χ1v) is 11.2. The minimum Gasteiger partial charge on any atom is -0.497 e. The second-order valence-corrected chi connectivity index (χ2v) is 10.7. The van der Waals surface area contributed by atoms with Gasteiger partial charge in [0.2, 0.25) is 0 Å². The number of hydrogen-bond donors (Lipinski definition) is 1. The van der Waals surface area contributed by atoms with E-state index in [4.69, 9.17) is 13.8 Å². The summed E-state index contributed by atoms with van der Waals surface area (Å²) in [4.78, 5) is 0. The zero-order valence-corrected chi connectivity index (χ0v) is 16.8. The molecule has 0 aromatic heterocycles. The summed E-state index contributed by atoms with van der Waals surface area (Å²) in [6.45, 7) is 0. The van der Waals surface area contributed by atoms with Crippen molar-refractivity contribution in [3.63, 3.8) is 0 Å². The van der Waals surface area contributed by atoms with Crippen LogP contribution in [-0.4, -0.2) is 26.9 Å². The Balaban J connectivity index is 1.66. The molecule has 0 amide bonds. The molecule has 0 spiro atoms. The second kappa shape index (κ2) is 6.94. The van der Waals surface area contributed by atoms with Gasteiger partial charge >= 0.3 is 7.60 Å². The van der Waals surface area contributed by atoms with Crippen molar-refractivity contribution in [3.05, 3.63) is 29.8 Å². The molecule has 5 nitrogen and oxygen atoms in total. The Hall–Kier alpha value is -0.870. The third-order valence-corrected chi connectivity index (χ3v) is 8.82. The van der Waals surface area contributed by atoms with Gasteiger partial charge in [-0.3, -0.25) is 9.88 Å². The normalized spacial score (nSPS) is 34.0. The highest BCUT2D eigenvalue weighted by atomic mass is 31.2. The fraction of sp³-hybridized carbons (Fsp3) is 0.700. The second-order valence-electron chi connectivity index (χ2n) is 8.42. The van der Waals surface area contributed by atoms with Gasteiger partial charge in [0.05, 0.1) is 7.11 Å². The number of methoxy groups -OCH3 is 1. The predicted octanol–water partition coefficient (Wildman–Crippen LogP) is 4.74. The van der Waals surface area contributed by atoms with Crippen molar-refractivity contribution in [2.45, 2.75) is 49.8 Å². The van der Waals surface area contributed by atoms with Gasteiger partial charge in [0.25, 0.3) is 0 Å². The molecule has 1 unspecified atom stereocenters. The van der Waals surface area contributed by atoms with Crippen LogP contribution in [-0.2, 0) is 13.6 Å². The van der Waals surface area contributed by atoms with E-state index in [9.17, 15) is 4.57 Å². The molecule has 0 aliphatic heterocycles. The van der Waals surface area contributed by atoms with Crippen molar-refractivity contribution in [2.24, 2.45) is 17.8 Å². The summed E-state index contributed by atoms with van der Waals surface area (Å²) in [7, 11) is 1.29. The van der Waals surface area contributed by atoms with Crippen LogP contribution in [0.2, 0.25) is 0 Å². The van der Waals surface area contributed by atoms with Crippen molar-refractivity contribution in [1.82, 2.24) is 5.32 Å². The first-order chi connectivity index (χ1) is 12.5. The molecule has 1 aromatic rings. The van der Waals surface area contributed by atoms with E-state index in [1.807, 2.05) is 24.3 Å². The molecular formula is C20H30NO4P. The van der Waals surface area contributed by atoms with E-state index in [1.54, 1.807) is 7.11 Å². The van der Waals surface area contributed by atoms with E-state index in [1.165, 1.54) is 52.7 Å². The van der Waals surface area contributed by atoms with Gasteiger partial charge in [0, 0.05) is 19.8 Å². The van der Waals surface area contributed by atoms with Crippen LogP contribution in [0.3, 0.4) is 0 Å². The zero-order chi connectivity index (χ0) is 18.4. The number of nitrogens with one attached hydrogen (secondary N) is 1. The largest absolute Gasteiger partial charge is 0.497 e. The predicted molar refractivity (Wildman–Crippen MR) is 101 cm³/mol. The summed E-state index contributed by atoms with van der Waals surface area (Å²) in [5.74, 6) is 2.77. The molecule has 4 aliphatic carbocycles. The fourth-order valence-electron chi connectivity index (χ4n) is 5.99. The number of hydrogen-bond acceptors (Lipinski definition) is 5. The molecule has 6 heteroatoms. The molecule has 4 saturated carbocycles. The third-order valence-electron chi connectivity index (χ3n) is 6.74. The maximum Gasteiger partial charge on any atom is 0.351 e. The molecule has 4 fully saturated rings. The van der Waals surface area contributed by atoms with Crippen LogP contribution < -0.4 is 10.1 Å². The van der Waals surface area contributed by atoms with Gasteiger partial charge in [-0.25, -0.2) is 0 Å². The highest BCUT2D eigenvalue weighted by Gasteiger charge is 2.53. The van der Waals surface area contributed by atoms with Crippen LogP contribution in [0, 0.1) is 17.8 Å². The van der Waals surface area contributed by atoms with Gasteiger partial charge in [0.1, 0.15) is 11.5 Å². The van der Waals surface area contributed by atoms with E-state index in [0.29, 0.717) is 0 Å². The van der Waals surface area contributed by atoms with E-state index < -0.39 is 13.4 Å². The molecule has 26 heavy (non-hydrogen) atoms. The van der Waals surface area contributed by atoms with E-state index in [-0.39, 0.29) is 5.54 Å². The lowest BCUT2D eigenvalue weighted by Gasteiger charge is -2.58. The molecule has 4 aliphatic rings. The average Bonchev–Trinajstić information content (AvgIpc) is 2.64. The highest BCUT2D eigenvalue weighted by molar-refractivity contribution is 7.54. The van der Waals surface area contributed by atoms with Gasteiger partial charge in [-0.05, 0) is 74.0 Å². The number of benzene rings is 1. The summed E-state index contributed by atoms with van der Waals surface area (Å²) in [6, 6.07) is 7.72. The molecule has 0 heterocycles. The summed E-state index contributed by atoms with van der Waals surface area (Å²) < 4.78 is 29.5. The van der Waals surface area contributed by atoms with E-state index >= 15 is 0 Å². The summed E-state index contributed by atoms with van der Waals surface area (Å²) in [6.07, 6.45) is 7.66. The Bertz CT molecular complexity index is 646. The lowest BCUT2D eigenvalue weighted by molar-refractivity contribution is -0.0229. The maximum absolute atomic E-state index is 13.4. The summed E-state index contributed by atoms with van der Waals surface area (Å²) in [5.41, 5.74) is 0.986. The van der Waals surface area contributed by atoms with Crippen LogP contribution in [0.4, 0.5) is 0 Å². The van der Waals surface area contributed by atoms with Gasteiger partial charge in [0.15, 0.2) is 0 Å². The monoisotopic (exact) mass is 379 g/mol. The molecule has 1 atom stereocenters. The Morgan fingerprint density at radius 3 is 1.88 bits per heavy atom. The van der Waals surface area contributed by atoms with E-state index in [2.05, 4.69) is 5.32 Å². The Morgan fingerprint density at radius 1 is 0.962 bits per heavy atom. The smallest absolute Gasteiger partial charge is 0.351 e. The van der Waals surface area contributed by atoms with Gasteiger partial charge < -0.3 is 13.8 Å². The van der Waals surface area contributed by atoms with Crippen LogP contribution in [0.5, 0.6) is 5.75 Å². The van der Waals surface area contributed by atoms with Gasteiger partial charge in [-0.1, -0.05) is 12.1 Å². The average molecular weight is 379 g/mol. The molecule has 1 aromatic carbocycles. The maximum atomic E-state index is 13.4. The number of rotatable bonds is 7. The van der Waals surface area contributed by atoms with Crippen LogP contribution in [0.25, 0.3) is 0 Å². The topological polar surface area (TPSA) is 56.8 Å². The first kappa shape index (κ1) is 18.5. The van der Waals surface area contributed by atoms with Crippen molar-refractivity contribution >= 4 is 7.60 Å². The first-order valence-electron chi connectivity index (χ1n) is 9.62. The third kappa shape index (κ3) is 3.24. The van der Waals surface area contributed by atoms with Crippen LogP contribution in [0.15, 0.2) is 24.3 Å². The lowest BCUT2D eigenvalue weighted by atomic mass is 9.53. The molecule has 4 bridgehead atoms. The van der Waals surface area contributed by atoms with E-state index in [0.717, 1.165) is 29.1 Å². The van der Waals surface area contributed by atoms with Crippen molar-refractivity contribution < 1.29 is 18.3 Å². The fourth-order valence-corrected chi connectivity index (χ4v) is 7.53. The molecule has 0 saturated heterocycles. The Morgan fingerprint density at radius 2 is 1.46 bits per heavy atom. The van der Waals surface area contributed by atoms with Crippen molar-refractivity contribution in [2.75, 3.05) is 21.3 Å². The van der Waals surface area contributed by atoms with Gasteiger partial charge in [-0.15, -0.1) is 0 Å². The Labute approximate surface area is 156 Å². The molecule has 5 rings (SSSR count). The minimum atomic E-state index is -3.31. The lowest BCUT2D eigenvalue weighted by Crippen LogP contribution is -2.59. The van der Waals surface area contributed by atoms with Gasteiger partial charge in [-0.2, -0.15) is 0 Å². The highest BCUT2D eigenvalue weighted by Crippen LogP contribution is 2.62. The summed E-state index contributed by atoms with van der Waals surface area (Å²) in [5, 5.41) is 3.80. The Kier molecular flexibility index (Phi) is 4.94. The summed E-state index contributed by atoms with van der Waals surface area (Å²) >= 11 is 0. The molecule has 0 radical (unpaired) electrons. The molecule has 144 valence electrons. The molecular weight excluding hydrogens is 349 g/mol. The van der Waals surface area contributed by atoms with Crippen molar-refractivity contribution in [3.8, 4) is 5.75 Å². The number of ether oxygens (including phenoxy) is 1. The SMILES string of the molecule is COc1ccc(C(NC23CC4CC(CC(C4)C2)C3)P(=O)(OC)OC)cc1. The van der Waals surface area contributed by atoms with Crippen LogP contribution >= 0.6 is 7.60 Å². The van der Waals surface area contributed by atoms with Crippen LogP contribution in [0.1, 0.15) is 49.9 Å². The van der Waals surface area contributed by atoms with Crippen molar-refractivity contribution in [1.29, 1.82) is 0 Å². The standard InChI is InChI=1S/C20H30NO4P/c1-23-18-6-4-17(5-7-18)19(26(22,24-2)25-3)21-20-11-14-8-15(12-20)10-16(9-14)13-20/h4-7,14-16,19,21H,8-13H2,1-3H3. The molecule has 1 N–H and O–H groups in total. The minimum absolute atomic E-state index is 0.0616. The zero-order valence-electron chi connectivity index (χ0n) is 15.9.